The number of hydrogen-bond donors (Lipinski definition) is 1. The molecule has 0 unspecified atom stereocenters. The van der Waals surface area contributed by atoms with E-state index in [1.54, 1.807) is 18.2 Å². The van der Waals surface area contributed by atoms with Gasteiger partial charge in [-0.15, -0.1) is 11.8 Å². The first kappa shape index (κ1) is 15.4. The maximum atomic E-state index is 13.0. The van der Waals surface area contributed by atoms with Crippen molar-refractivity contribution in [1.82, 2.24) is 0 Å². The van der Waals surface area contributed by atoms with Crippen molar-refractivity contribution < 1.29 is 14.3 Å². The molecule has 0 aliphatic rings. The highest BCUT2D eigenvalue weighted by Gasteiger charge is 2.10. The molecule has 0 aliphatic heterocycles. The van der Waals surface area contributed by atoms with Gasteiger partial charge in [0.15, 0.2) is 0 Å². The molecular weight excluding hydrogens is 367 g/mol. The molecule has 0 radical (unpaired) electrons. The molecule has 0 fully saturated rings. The fraction of sp³-hybridized carbons (Fsp3) is 0.0714. The molecule has 1 N–H and O–H groups in total. The molecule has 0 saturated carbocycles. The molecule has 0 aromatic heterocycles. The van der Waals surface area contributed by atoms with Crippen molar-refractivity contribution >= 4 is 45.3 Å². The molecule has 0 spiro atoms. The van der Waals surface area contributed by atoms with Gasteiger partial charge in [0, 0.05) is 15.1 Å². The molecule has 2 aromatic rings. The van der Waals surface area contributed by atoms with Crippen LogP contribution in [0, 0.1) is 5.82 Å². The first-order chi connectivity index (χ1) is 9.47. The third kappa shape index (κ3) is 3.75. The van der Waals surface area contributed by atoms with Crippen molar-refractivity contribution in [3.05, 3.63) is 62.8 Å². The van der Waals surface area contributed by atoms with Crippen molar-refractivity contribution in [2.45, 2.75) is 10.6 Å². The van der Waals surface area contributed by atoms with E-state index in [1.807, 2.05) is 0 Å². The maximum Gasteiger partial charge on any atom is 0.337 e. The zero-order valence-corrected chi connectivity index (χ0v) is 13.2. The van der Waals surface area contributed by atoms with Gasteiger partial charge >= 0.3 is 5.97 Å². The molecule has 20 heavy (non-hydrogen) atoms. The molecule has 104 valence electrons. The third-order valence-corrected chi connectivity index (χ3v) is 4.69. The third-order valence-electron chi connectivity index (χ3n) is 2.58. The van der Waals surface area contributed by atoms with Crippen LogP contribution in [0.15, 0.2) is 45.8 Å². The normalized spacial score (nSPS) is 10.6. The summed E-state index contributed by atoms with van der Waals surface area (Å²) in [5.41, 5.74) is 1.01. The number of carboxylic acid groups (broad SMARTS) is 1. The summed E-state index contributed by atoms with van der Waals surface area (Å²) in [5.74, 6) is -0.757. The summed E-state index contributed by atoms with van der Waals surface area (Å²) >= 11 is 10.6. The Morgan fingerprint density at radius 2 is 2.05 bits per heavy atom. The Morgan fingerprint density at radius 1 is 1.30 bits per heavy atom. The zero-order chi connectivity index (χ0) is 14.7. The van der Waals surface area contributed by atoms with Crippen LogP contribution in [0.1, 0.15) is 15.9 Å². The second-order valence-electron chi connectivity index (χ2n) is 3.97. The van der Waals surface area contributed by atoms with Crippen LogP contribution in [-0.2, 0) is 5.75 Å². The van der Waals surface area contributed by atoms with E-state index >= 15 is 0 Å². The quantitative estimate of drug-likeness (QED) is 0.743. The maximum absolute atomic E-state index is 13.0. The van der Waals surface area contributed by atoms with Gasteiger partial charge in [-0.2, -0.15) is 0 Å². The molecule has 0 bridgehead atoms. The van der Waals surface area contributed by atoms with Crippen LogP contribution in [0.2, 0.25) is 5.02 Å². The summed E-state index contributed by atoms with van der Waals surface area (Å²) in [6.07, 6.45) is 0. The van der Waals surface area contributed by atoms with Gasteiger partial charge in [0.1, 0.15) is 5.82 Å². The second-order valence-corrected chi connectivity index (χ2v) is 6.28. The lowest BCUT2D eigenvalue weighted by molar-refractivity contribution is 0.0697. The fourth-order valence-corrected chi connectivity index (χ4v) is 3.37. The number of halogens is 3. The lowest BCUT2D eigenvalue weighted by Crippen LogP contribution is -1.97. The Kier molecular flexibility index (Phi) is 5.07. The number of hydrogen-bond acceptors (Lipinski definition) is 2. The van der Waals surface area contributed by atoms with E-state index < -0.39 is 5.97 Å². The van der Waals surface area contributed by atoms with Crippen LogP contribution in [0.25, 0.3) is 0 Å². The Bertz CT molecular complexity index is 664. The second kappa shape index (κ2) is 6.61. The number of carboxylic acids is 1. The minimum Gasteiger partial charge on any atom is -0.478 e. The van der Waals surface area contributed by atoms with E-state index in [0.717, 1.165) is 10.5 Å². The molecule has 2 aromatic carbocycles. The molecule has 0 amide bonds. The molecule has 0 aliphatic carbocycles. The average Bonchev–Trinajstić information content (AvgIpc) is 2.39. The number of benzene rings is 2. The number of aromatic carboxylic acids is 1. The van der Waals surface area contributed by atoms with Gasteiger partial charge < -0.3 is 5.11 Å². The monoisotopic (exact) mass is 374 g/mol. The predicted molar refractivity (Wildman–Crippen MR) is 82.1 cm³/mol. The molecule has 2 rings (SSSR count). The van der Waals surface area contributed by atoms with Crippen LogP contribution in [0.3, 0.4) is 0 Å². The minimum atomic E-state index is -1.06. The van der Waals surface area contributed by atoms with E-state index in [9.17, 15) is 9.18 Å². The molecule has 0 atom stereocenters. The number of thioether (sulfide) groups is 1. The lowest BCUT2D eigenvalue weighted by atomic mass is 10.2. The predicted octanol–water partition coefficient (Wildman–Crippen LogP) is 5.23. The summed E-state index contributed by atoms with van der Waals surface area (Å²) in [5, 5.41) is 9.22. The van der Waals surface area contributed by atoms with E-state index in [4.69, 9.17) is 16.7 Å². The van der Waals surface area contributed by atoms with Gasteiger partial charge in [0.2, 0.25) is 0 Å². The van der Waals surface area contributed by atoms with Crippen molar-refractivity contribution in [2.75, 3.05) is 0 Å². The van der Waals surface area contributed by atoms with E-state index in [2.05, 4.69) is 15.9 Å². The Morgan fingerprint density at radius 3 is 2.70 bits per heavy atom. The van der Waals surface area contributed by atoms with Gasteiger partial charge in [-0.3, -0.25) is 0 Å². The molecule has 6 heteroatoms. The smallest absolute Gasteiger partial charge is 0.337 e. The molecule has 0 saturated heterocycles. The standard InChI is InChI=1S/C14H9BrClFO2S/c15-12-5-9(17)2-1-8(12)7-20-10-3-4-13(16)11(6-10)14(18)19/h1-6H,7H2,(H,18,19). The van der Waals surface area contributed by atoms with Gasteiger partial charge in [-0.25, -0.2) is 9.18 Å². The van der Waals surface area contributed by atoms with Crippen LogP contribution < -0.4 is 0 Å². The summed E-state index contributed by atoms with van der Waals surface area (Å²) in [4.78, 5) is 11.8. The van der Waals surface area contributed by atoms with E-state index in [-0.39, 0.29) is 16.4 Å². The first-order valence-corrected chi connectivity index (χ1v) is 7.72. The van der Waals surface area contributed by atoms with Crippen molar-refractivity contribution in [1.29, 1.82) is 0 Å². The largest absolute Gasteiger partial charge is 0.478 e. The Labute approximate surface area is 133 Å². The number of rotatable bonds is 4. The molecule has 2 nitrogen and oxygen atoms in total. The Hall–Kier alpha value is -1.04. The van der Waals surface area contributed by atoms with Gasteiger partial charge in [-0.1, -0.05) is 33.6 Å². The van der Waals surface area contributed by atoms with Crippen molar-refractivity contribution in [2.24, 2.45) is 0 Å². The first-order valence-electron chi connectivity index (χ1n) is 5.57. The van der Waals surface area contributed by atoms with Gasteiger partial charge in [0.05, 0.1) is 10.6 Å². The summed E-state index contributed by atoms with van der Waals surface area (Å²) in [6.45, 7) is 0. The van der Waals surface area contributed by atoms with Crippen molar-refractivity contribution in [3.63, 3.8) is 0 Å². The van der Waals surface area contributed by atoms with E-state index in [0.29, 0.717) is 10.2 Å². The number of carbonyl (C=O) groups is 1. The Balaban J connectivity index is 2.15. The van der Waals surface area contributed by atoms with Gasteiger partial charge in [0.25, 0.3) is 0 Å². The molecule has 0 heterocycles. The lowest BCUT2D eigenvalue weighted by Gasteiger charge is -2.06. The van der Waals surface area contributed by atoms with Crippen LogP contribution in [0.5, 0.6) is 0 Å². The summed E-state index contributed by atoms with van der Waals surface area (Å²) < 4.78 is 13.7. The fourth-order valence-electron chi connectivity index (χ4n) is 1.56. The van der Waals surface area contributed by atoms with Crippen LogP contribution in [-0.4, -0.2) is 11.1 Å². The summed E-state index contributed by atoms with van der Waals surface area (Å²) in [6, 6.07) is 9.35. The SMILES string of the molecule is O=C(O)c1cc(SCc2ccc(F)cc2Br)ccc1Cl. The highest BCUT2D eigenvalue weighted by atomic mass is 79.9. The minimum absolute atomic E-state index is 0.0786. The highest BCUT2D eigenvalue weighted by Crippen LogP contribution is 2.29. The van der Waals surface area contributed by atoms with Gasteiger partial charge in [-0.05, 0) is 35.9 Å². The topological polar surface area (TPSA) is 37.3 Å². The zero-order valence-electron chi connectivity index (χ0n) is 10.1. The van der Waals surface area contributed by atoms with Crippen LogP contribution in [0.4, 0.5) is 4.39 Å². The highest BCUT2D eigenvalue weighted by molar-refractivity contribution is 9.10. The van der Waals surface area contributed by atoms with E-state index in [1.165, 1.54) is 30.0 Å². The molecular formula is C14H9BrClFO2S. The van der Waals surface area contributed by atoms with Crippen molar-refractivity contribution in [3.8, 4) is 0 Å². The average molecular weight is 376 g/mol. The van der Waals surface area contributed by atoms with Crippen LogP contribution >= 0.6 is 39.3 Å². The summed E-state index contributed by atoms with van der Waals surface area (Å²) in [7, 11) is 0.